The van der Waals surface area contributed by atoms with Gasteiger partial charge in [-0.25, -0.2) is 0 Å². The summed E-state index contributed by atoms with van der Waals surface area (Å²) in [6.07, 6.45) is 2.24. The van der Waals surface area contributed by atoms with Gasteiger partial charge in [-0.1, -0.05) is 79.4 Å². The predicted molar refractivity (Wildman–Crippen MR) is 140 cm³/mol. The Labute approximate surface area is 196 Å². The second-order valence-corrected chi connectivity index (χ2v) is 12.8. The number of hydrogen-bond donors (Lipinski definition) is 0. The minimum atomic E-state index is -3.87. The molecule has 166 valence electrons. The highest BCUT2D eigenvalue weighted by molar-refractivity contribution is 7.95. The van der Waals surface area contributed by atoms with E-state index in [1.165, 1.54) is 15.9 Å². The molecule has 0 aromatic heterocycles. The lowest BCUT2D eigenvalue weighted by atomic mass is 10.2. The summed E-state index contributed by atoms with van der Waals surface area (Å²) in [7, 11) is -6.02. The lowest BCUT2D eigenvalue weighted by Gasteiger charge is -2.27. The maximum atomic E-state index is 12.9. The highest BCUT2D eigenvalue weighted by Gasteiger charge is 2.45. The van der Waals surface area contributed by atoms with E-state index in [0.29, 0.717) is 6.16 Å². The first-order valence-corrected chi connectivity index (χ1v) is 14.1. The fourth-order valence-corrected chi connectivity index (χ4v) is 9.11. The maximum Gasteiger partial charge on any atom is 0.297 e. The Balaban J connectivity index is 1.72. The summed E-state index contributed by atoms with van der Waals surface area (Å²) in [6.45, 7) is 3.79. The van der Waals surface area contributed by atoms with Gasteiger partial charge in [0, 0.05) is 0 Å². The van der Waals surface area contributed by atoms with Crippen LogP contribution in [0.2, 0.25) is 0 Å². The smallest absolute Gasteiger partial charge is 0.262 e. The van der Waals surface area contributed by atoms with Crippen LogP contribution < -0.4 is 15.9 Å². The van der Waals surface area contributed by atoms with E-state index in [1.807, 2.05) is 54.6 Å². The van der Waals surface area contributed by atoms with E-state index in [4.69, 9.17) is 4.18 Å². The molecular formula is C28H26O3PS+. The van der Waals surface area contributed by atoms with Crippen molar-refractivity contribution in [1.82, 2.24) is 0 Å². The van der Waals surface area contributed by atoms with Gasteiger partial charge in [-0.05, 0) is 54.1 Å². The summed E-state index contributed by atoms with van der Waals surface area (Å²) in [6, 6.07) is 37.6. The summed E-state index contributed by atoms with van der Waals surface area (Å²) in [5.41, 5.74) is 0.858. The van der Waals surface area contributed by atoms with Crippen molar-refractivity contribution in [2.45, 2.75) is 4.90 Å². The molecule has 0 saturated heterocycles. The van der Waals surface area contributed by atoms with E-state index in [1.54, 1.807) is 30.3 Å². The molecule has 0 N–H and O–H groups in total. The van der Waals surface area contributed by atoms with E-state index in [2.05, 4.69) is 43.0 Å². The van der Waals surface area contributed by atoms with Crippen LogP contribution in [0.3, 0.4) is 0 Å². The Hall–Kier alpha value is -3.04. The zero-order valence-electron chi connectivity index (χ0n) is 18.2. The van der Waals surface area contributed by atoms with Crippen molar-refractivity contribution >= 4 is 39.4 Å². The van der Waals surface area contributed by atoms with Crippen LogP contribution in [0.1, 0.15) is 5.56 Å². The average molecular weight is 474 g/mol. The molecule has 0 bridgehead atoms. The van der Waals surface area contributed by atoms with E-state index in [0.717, 1.165) is 5.56 Å². The molecule has 0 amide bonds. The van der Waals surface area contributed by atoms with Crippen LogP contribution in [0.25, 0.3) is 6.08 Å². The standard InChI is InChI=1S/C28H26O3PS/c1-2-24-18-20-28(21-19-24)33(29,30)31-22-23-32(25-12-6-3-7-13-25,26-14-8-4-9-15-26)27-16-10-5-11-17-27/h2-21H,1,22-23H2/q+1. The van der Waals surface area contributed by atoms with E-state index in [-0.39, 0.29) is 11.5 Å². The molecule has 0 saturated carbocycles. The summed E-state index contributed by atoms with van der Waals surface area (Å²) in [5.74, 6) is 0. The summed E-state index contributed by atoms with van der Waals surface area (Å²) >= 11 is 0. The molecule has 0 unspecified atom stereocenters. The Morgan fingerprint density at radius 1 is 0.667 bits per heavy atom. The molecule has 33 heavy (non-hydrogen) atoms. The lowest BCUT2D eigenvalue weighted by molar-refractivity contribution is 0.340. The van der Waals surface area contributed by atoms with Gasteiger partial charge >= 0.3 is 0 Å². The van der Waals surface area contributed by atoms with Gasteiger partial charge in [-0.2, -0.15) is 8.42 Å². The van der Waals surface area contributed by atoms with Crippen LogP contribution in [-0.4, -0.2) is 21.2 Å². The van der Waals surface area contributed by atoms with E-state index >= 15 is 0 Å². The molecule has 0 spiro atoms. The zero-order valence-corrected chi connectivity index (χ0v) is 20.0. The quantitative estimate of drug-likeness (QED) is 0.253. The summed E-state index contributed by atoms with van der Waals surface area (Å²) in [5, 5.41) is 3.58. The third-order valence-corrected chi connectivity index (χ3v) is 11.4. The van der Waals surface area contributed by atoms with Crippen LogP contribution >= 0.6 is 7.26 Å². The zero-order chi connectivity index (χ0) is 23.2. The molecule has 3 nitrogen and oxygen atoms in total. The molecule has 5 heteroatoms. The fraction of sp³-hybridized carbons (Fsp3) is 0.0714. The topological polar surface area (TPSA) is 43.4 Å². The van der Waals surface area contributed by atoms with Crippen molar-refractivity contribution in [2.75, 3.05) is 12.8 Å². The molecule has 4 aromatic carbocycles. The van der Waals surface area contributed by atoms with Crippen LogP contribution in [0.4, 0.5) is 0 Å². The van der Waals surface area contributed by atoms with Gasteiger partial charge in [0.25, 0.3) is 10.1 Å². The second-order valence-electron chi connectivity index (χ2n) is 7.59. The SMILES string of the molecule is C=Cc1ccc(S(=O)(=O)OCC[P+](c2ccccc2)(c2ccccc2)c2ccccc2)cc1. The predicted octanol–water partition coefficient (Wildman–Crippen LogP) is 5.03. The van der Waals surface area contributed by atoms with Gasteiger partial charge < -0.3 is 0 Å². The fourth-order valence-electron chi connectivity index (χ4n) is 4.00. The Kier molecular flexibility index (Phi) is 7.20. The van der Waals surface area contributed by atoms with Gasteiger partial charge in [0.2, 0.25) is 0 Å². The molecule has 0 fully saturated rings. The van der Waals surface area contributed by atoms with Gasteiger partial charge in [0.1, 0.15) is 29.8 Å². The summed E-state index contributed by atoms with van der Waals surface area (Å²) in [4.78, 5) is 0.149. The van der Waals surface area contributed by atoms with Crippen molar-refractivity contribution in [1.29, 1.82) is 0 Å². The van der Waals surface area contributed by atoms with Gasteiger partial charge in [0.05, 0.1) is 11.1 Å². The monoisotopic (exact) mass is 473 g/mol. The van der Waals surface area contributed by atoms with Gasteiger partial charge in [0.15, 0.2) is 0 Å². The highest BCUT2D eigenvalue weighted by Crippen LogP contribution is 2.55. The second kappa shape index (κ2) is 10.3. The first-order chi connectivity index (χ1) is 16.1. The molecule has 4 rings (SSSR count). The van der Waals surface area contributed by atoms with Crippen molar-refractivity contribution in [3.63, 3.8) is 0 Å². The van der Waals surface area contributed by atoms with Crippen LogP contribution in [0, 0.1) is 0 Å². The third-order valence-electron chi connectivity index (χ3n) is 5.66. The first-order valence-electron chi connectivity index (χ1n) is 10.7. The number of benzene rings is 4. The molecule has 0 radical (unpaired) electrons. The molecule has 0 atom stereocenters. The lowest BCUT2D eigenvalue weighted by Crippen LogP contribution is -2.35. The third kappa shape index (κ3) is 4.99. The van der Waals surface area contributed by atoms with E-state index in [9.17, 15) is 8.42 Å². The van der Waals surface area contributed by atoms with Crippen molar-refractivity contribution < 1.29 is 12.6 Å². The van der Waals surface area contributed by atoms with Crippen LogP contribution in [-0.2, 0) is 14.3 Å². The molecule has 0 aliphatic heterocycles. The van der Waals surface area contributed by atoms with Gasteiger partial charge in [-0.3, -0.25) is 4.18 Å². The molecular weight excluding hydrogens is 447 g/mol. The minimum Gasteiger partial charge on any atom is -0.262 e. The van der Waals surface area contributed by atoms with Crippen molar-refractivity contribution in [3.8, 4) is 0 Å². The molecule has 0 aliphatic rings. The Morgan fingerprint density at radius 3 is 1.48 bits per heavy atom. The molecule has 0 aliphatic carbocycles. The van der Waals surface area contributed by atoms with Crippen LogP contribution in [0.5, 0.6) is 0 Å². The normalized spacial score (nSPS) is 11.8. The molecule has 0 heterocycles. The summed E-state index contributed by atoms with van der Waals surface area (Å²) < 4.78 is 31.4. The number of rotatable bonds is 9. The van der Waals surface area contributed by atoms with Gasteiger partial charge in [-0.15, -0.1) is 0 Å². The van der Waals surface area contributed by atoms with Crippen molar-refractivity contribution in [3.05, 3.63) is 127 Å². The Bertz CT molecular complexity index is 1190. The largest absolute Gasteiger partial charge is 0.297 e. The van der Waals surface area contributed by atoms with Crippen LogP contribution in [0.15, 0.2) is 127 Å². The Morgan fingerprint density at radius 2 is 1.09 bits per heavy atom. The number of hydrogen-bond acceptors (Lipinski definition) is 3. The first kappa shape index (κ1) is 23.1. The maximum absolute atomic E-state index is 12.9. The molecule has 4 aromatic rings. The van der Waals surface area contributed by atoms with E-state index < -0.39 is 17.4 Å². The highest BCUT2D eigenvalue weighted by atomic mass is 32.2. The average Bonchev–Trinajstić information content (AvgIpc) is 2.88. The minimum absolute atomic E-state index is 0.0814. The van der Waals surface area contributed by atoms with Crippen molar-refractivity contribution in [2.24, 2.45) is 0 Å².